The van der Waals surface area contributed by atoms with Gasteiger partial charge in [-0.3, -0.25) is 4.79 Å². The van der Waals surface area contributed by atoms with Gasteiger partial charge in [-0.25, -0.2) is 16.8 Å². The van der Waals surface area contributed by atoms with E-state index in [1.165, 1.54) is 36.8 Å². The number of hydrogen-bond donors (Lipinski definition) is 2. The van der Waals surface area contributed by atoms with Gasteiger partial charge in [-0.1, -0.05) is 30.3 Å². The lowest BCUT2D eigenvalue weighted by Crippen LogP contribution is -2.43. The highest BCUT2D eigenvalue weighted by molar-refractivity contribution is 7.96. The molecule has 162 valence electrons. The van der Waals surface area contributed by atoms with Crippen LogP contribution < -0.4 is 10.6 Å². The minimum absolute atomic E-state index is 0.0507. The lowest BCUT2D eigenvalue weighted by Gasteiger charge is -2.20. The Hall–Kier alpha value is -2.23. The van der Waals surface area contributed by atoms with Crippen molar-refractivity contribution in [2.45, 2.75) is 36.0 Å². The highest BCUT2D eigenvalue weighted by Crippen LogP contribution is 2.27. The third-order valence-electron chi connectivity index (χ3n) is 5.09. The Morgan fingerprint density at radius 1 is 1.03 bits per heavy atom. The summed E-state index contributed by atoms with van der Waals surface area (Å²) < 4.78 is 50.7. The van der Waals surface area contributed by atoms with Gasteiger partial charge in [-0.2, -0.15) is 0 Å². The van der Waals surface area contributed by atoms with E-state index in [1.807, 2.05) is 30.3 Å². The van der Waals surface area contributed by atoms with Gasteiger partial charge in [0.15, 0.2) is 19.7 Å². The molecule has 0 radical (unpaired) electrons. The van der Waals surface area contributed by atoms with Gasteiger partial charge in [-0.05, 0) is 49.2 Å². The van der Waals surface area contributed by atoms with Crippen molar-refractivity contribution in [2.75, 3.05) is 23.4 Å². The lowest BCUT2D eigenvalue weighted by molar-refractivity contribution is -0.114. The summed E-state index contributed by atoms with van der Waals surface area (Å²) in [6.07, 6.45) is 1.61. The number of nitrogens with one attached hydrogen (secondary N) is 2. The van der Waals surface area contributed by atoms with Gasteiger partial charge in [0.1, 0.15) is 0 Å². The molecular weight excluding hydrogens is 424 g/mol. The molecule has 9 heteroatoms. The van der Waals surface area contributed by atoms with Crippen LogP contribution in [0.1, 0.15) is 18.9 Å². The van der Waals surface area contributed by atoms with Gasteiger partial charge in [0, 0.05) is 18.7 Å². The van der Waals surface area contributed by atoms with Crippen molar-refractivity contribution in [3.8, 4) is 0 Å². The van der Waals surface area contributed by atoms with Gasteiger partial charge >= 0.3 is 0 Å². The van der Waals surface area contributed by atoms with Gasteiger partial charge in [-0.15, -0.1) is 0 Å². The molecule has 30 heavy (non-hydrogen) atoms. The molecule has 0 bridgehead atoms. The van der Waals surface area contributed by atoms with Crippen LogP contribution in [0.5, 0.6) is 0 Å². The van der Waals surface area contributed by atoms with E-state index in [2.05, 4.69) is 10.6 Å². The fraction of sp³-hybridized carbons (Fsp3) is 0.381. The molecule has 1 amide bonds. The van der Waals surface area contributed by atoms with Gasteiger partial charge < -0.3 is 10.6 Å². The summed E-state index contributed by atoms with van der Waals surface area (Å²) in [6.45, 7) is 1.89. The van der Waals surface area contributed by atoms with Crippen LogP contribution in [0.3, 0.4) is 0 Å². The standard InChI is InChI=1S/C21H26N2O5S2/c1-16(24)23-18-9-11-19(12-10-18)30(27,28)21-15-29(25,26)14-20(21)22-13-5-8-17-6-3-2-4-7-17/h2-4,6-7,9-12,20-22H,5,8,13-15H2,1H3,(H,23,24)/t20-,21-/m0/s1. The zero-order valence-electron chi connectivity index (χ0n) is 16.7. The van der Waals surface area contributed by atoms with E-state index < -0.39 is 31.0 Å². The van der Waals surface area contributed by atoms with E-state index >= 15 is 0 Å². The topological polar surface area (TPSA) is 109 Å². The molecule has 3 rings (SSSR count). The van der Waals surface area contributed by atoms with Crippen LogP contribution in [0, 0.1) is 0 Å². The van der Waals surface area contributed by atoms with Crippen LogP contribution in [0.2, 0.25) is 0 Å². The SMILES string of the molecule is CC(=O)Nc1ccc(S(=O)(=O)[C@H]2CS(=O)(=O)C[C@@H]2NCCCc2ccccc2)cc1. The molecule has 1 saturated heterocycles. The third kappa shape index (κ3) is 5.68. The number of hydrogen-bond acceptors (Lipinski definition) is 6. The smallest absolute Gasteiger partial charge is 0.221 e. The molecule has 1 aliphatic rings. The number of carbonyl (C=O) groups excluding carboxylic acids is 1. The average molecular weight is 451 g/mol. The van der Waals surface area contributed by atoms with Crippen molar-refractivity contribution in [1.82, 2.24) is 5.32 Å². The first kappa shape index (κ1) is 22.5. The van der Waals surface area contributed by atoms with Gasteiger partial charge in [0.2, 0.25) is 5.91 Å². The molecule has 7 nitrogen and oxygen atoms in total. The number of sulfone groups is 2. The molecule has 0 aromatic heterocycles. The van der Waals surface area contributed by atoms with E-state index in [-0.39, 0.29) is 22.3 Å². The molecular formula is C21H26N2O5S2. The molecule has 1 fully saturated rings. The third-order valence-corrected chi connectivity index (χ3v) is 9.26. The van der Waals surface area contributed by atoms with Crippen molar-refractivity contribution in [2.24, 2.45) is 0 Å². The summed E-state index contributed by atoms with van der Waals surface area (Å²) in [6, 6.07) is 15.1. The molecule has 0 unspecified atom stereocenters. The Morgan fingerprint density at radius 2 is 1.70 bits per heavy atom. The second-order valence-corrected chi connectivity index (χ2v) is 11.8. The number of carbonyl (C=O) groups is 1. The Kier molecular flexibility index (Phi) is 6.95. The predicted molar refractivity (Wildman–Crippen MR) is 117 cm³/mol. The highest BCUT2D eigenvalue weighted by atomic mass is 32.2. The van der Waals surface area contributed by atoms with E-state index in [0.29, 0.717) is 12.2 Å². The second kappa shape index (κ2) is 9.28. The number of aryl methyl sites for hydroxylation is 1. The summed E-state index contributed by atoms with van der Waals surface area (Å²) in [4.78, 5) is 11.2. The molecule has 2 aromatic carbocycles. The van der Waals surface area contributed by atoms with Crippen LogP contribution in [0.4, 0.5) is 5.69 Å². The first-order valence-electron chi connectivity index (χ1n) is 9.77. The summed E-state index contributed by atoms with van der Waals surface area (Å²) in [5.74, 6) is -0.835. The number of anilines is 1. The van der Waals surface area contributed by atoms with E-state index in [1.54, 1.807) is 0 Å². The minimum atomic E-state index is -3.85. The molecule has 0 spiro atoms. The van der Waals surface area contributed by atoms with Crippen LogP contribution in [0.15, 0.2) is 59.5 Å². The van der Waals surface area contributed by atoms with Crippen LogP contribution in [-0.4, -0.2) is 52.1 Å². The van der Waals surface area contributed by atoms with Crippen molar-refractivity contribution in [3.05, 3.63) is 60.2 Å². The maximum atomic E-state index is 13.1. The molecule has 1 heterocycles. The molecule has 0 saturated carbocycles. The van der Waals surface area contributed by atoms with E-state index in [0.717, 1.165) is 12.8 Å². The first-order valence-corrected chi connectivity index (χ1v) is 13.1. The van der Waals surface area contributed by atoms with Crippen LogP contribution in [-0.2, 0) is 30.9 Å². The van der Waals surface area contributed by atoms with Gasteiger partial charge in [0.05, 0.1) is 21.7 Å². The van der Waals surface area contributed by atoms with Crippen LogP contribution in [0.25, 0.3) is 0 Å². The average Bonchev–Trinajstić information content (AvgIpc) is 3.01. The van der Waals surface area contributed by atoms with Crippen molar-refractivity contribution >= 4 is 31.3 Å². The molecule has 2 aromatic rings. The van der Waals surface area contributed by atoms with Crippen LogP contribution >= 0.6 is 0 Å². The van der Waals surface area contributed by atoms with Crippen molar-refractivity contribution < 1.29 is 21.6 Å². The molecule has 2 N–H and O–H groups in total. The van der Waals surface area contributed by atoms with Crippen molar-refractivity contribution in [3.63, 3.8) is 0 Å². The Balaban J connectivity index is 1.68. The predicted octanol–water partition coefficient (Wildman–Crippen LogP) is 1.81. The summed E-state index contributed by atoms with van der Waals surface area (Å²) in [7, 11) is -7.30. The fourth-order valence-corrected chi connectivity index (χ4v) is 8.36. The maximum Gasteiger partial charge on any atom is 0.221 e. The zero-order valence-corrected chi connectivity index (χ0v) is 18.4. The summed E-state index contributed by atoms with van der Waals surface area (Å²) in [5.41, 5.74) is 1.66. The normalized spacial score (nSPS) is 20.7. The van der Waals surface area contributed by atoms with Gasteiger partial charge in [0.25, 0.3) is 0 Å². The fourth-order valence-electron chi connectivity index (χ4n) is 3.64. The lowest BCUT2D eigenvalue weighted by atomic mass is 10.1. The summed E-state index contributed by atoms with van der Waals surface area (Å²) >= 11 is 0. The monoisotopic (exact) mass is 450 g/mol. The number of benzene rings is 2. The molecule has 2 atom stereocenters. The summed E-state index contributed by atoms with van der Waals surface area (Å²) in [5, 5.41) is 4.70. The molecule has 0 aliphatic carbocycles. The van der Waals surface area contributed by atoms with E-state index in [9.17, 15) is 21.6 Å². The zero-order chi connectivity index (χ0) is 21.8. The van der Waals surface area contributed by atoms with E-state index in [4.69, 9.17) is 0 Å². The molecule has 1 aliphatic heterocycles. The first-order chi connectivity index (χ1) is 14.2. The maximum absolute atomic E-state index is 13.1. The number of rotatable bonds is 8. The number of amides is 1. The highest BCUT2D eigenvalue weighted by Gasteiger charge is 2.45. The minimum Gasteiger partial charge on any atom is -0.326 e. The Bertz CT molecular complexity index is 1080. The Labute approximate surface area is 177 Å². The largest absolute Gasteiger partial charge is 0.326 e. The van der Waals surface area contributed by atoms with Crippen molar-refractivity contribution in [1.29, 1.82) is 0 Å². The Morgan fingerprint density at radius 3 is 2.33 bits per heavy atom. The second-order valence-electron chi connectivity index (χ2n) is 7.52. The quantitative estimate of drug-likeness (QED) is 0.594.